The van der Waals surface area contributed by atoms with Gasteiger partial charge >= 0.3 is 0 Å². The maximum absolute atomic E-state index is 6.00. The lowest BCUT2D eigenvalue weighted by Crippen LogP contribution is -2.11. The van der Waals surface area contributed by atoms with Gasteiger partial charge in [-0.15, -0.1) is 0 Å². The van der Waals surface area contributed by atoms with Crippen LogP contribution in [0.15, 0.2) is 54.6 Å². The molecule has 0 spiro atoms. The van der Waals surface area contributed by atoms with Crippen molar-refractivity contribution >= 4 is 10.8 Å². The van der Waals surface area contributed by atoms with Gasteiger partial charge in [0.15, 0.2) is 0 Å². The van der Waals surface area contributed by atoms with Gasteiger partial charge in [0.05, 0.1) is 6.61 Å². The number of fused-ring (bicyclic) bond motifs is 3. The van der Waals surface area contributed by atoms with Gasteiger partial charge in [-0.25, -0.2) is 0 Å². The van der Waals surface area contributed by atoms with Crippen molar-refractivity contribution in [1.82, 2.24) is 0 Å². The predicted octanol–water partition coefficient (Wildman–Crippen LogP) is 6.70. The van der Waals surface area contributed by atoms with Crippen molar-refractivity contribution in [2.45, 2.75) is 46.0 Å². The molecule has 4 aromatic carbocycles. The van der Waals surface area contributed by atoms with Crippen LogP contribution in [0.3, 0.4) is 0 Å². The van der Waals surface area contributed by atoms with Crippen LogP contribution in [0.5, 0.6) is 5.75 Å². The minimum absolute atomic E-state index is 0.642. The van der Waals surface area contributed by atoms with Gasteiger partial charge in [-0.2, -0.15) is 0 Å². The molecule has 1 heteroatoms. The van der Waals surface area contributed by atoms with E-state index in [0.29, 0.717) is 11.8 Å². The molecular formula is C24H29O. The minimum Gasteiger partial charge on any atom is -0.492 e. The van der Waals surface area contributed by atoms with Crippen LogP contribution in [0.4, 0.5) is 0 Å². The highest BCUT2D eigenvalue weighted by molar-refractivity contribution is 5.76. The van der Waals surface area contributed by atoms with Crippen molar-refractivity contribution in [3.8, 4) is 5.75 Å². The van der Waals surface area contributed by atoms with Crippen molar-refractivity contribution in [3.63, 3.8) is 0 Å². The molecule has 131 valence electrons. The summed E-state index contributed by atoms with van der Waals surface area (Å²) in [5, 5.41) is 2.25. The van der Waals surface area contributed by atoms with Crippen molar-refractivity contribution in [1.29, 1.82) is 0 Å². The minimum atomic E-state index is 0.642. The van der Waals surface area contributed by atoms with E-state index in [1.54, 1.807) is 0 Å². The fourth-order valence-corrected chi connectivity index (χ4v) is 3.66. The van der Waals surface area contributed by atoms with Crippen LogP contribution in [-0.4, -0.2) is 6.61 Å². The highest BCUT2D eigenvalue weighted by Crippen LogP contribution is 2.31. The first-order valence-corrected chi connectivity index (χ1v) is 9.54. The standard InChI is InChI=1S/C24H29O/c1-18(2)15-23(21-7-5-4-6-8-21)16-19(3)13-14-25-24-17-20-9-11-22(24)12-10-20/h4-12,18-19,23H,13-16H2,1-3H3. The van der Waals surface area contributed by atoms with E-state index in [9.17, 15) is 0 Å². The first kappa shape index (κ1) is 17.8. The summed E-state index contributed by atoms with van der Waals surface area (Å²) in [7, 11) is 0. The highest BCUT2D eigenvalue weighted by Gasteiger charge is 2.17. The summed E-state index contributed by atoms with van der Waals surface area (Å²) in [5.74, 6) is 2.92. The quantitative estimate of drug-likeness (QED) is 0.423. The molecular weight excluding hydrogens is 304 g/mol. The Labute approximate surface area is 152 Å². The first-order chi connectivity index (χ1) is 12.1. The van der Waals surface area contributed by atoms with Gasteiger partial charge in [-0.3, -0.25) is 0 Å². The lowest BCUT2D eigenvalue weighted by atomic mass is 9.83. The largest absolute Gasteiger partial charge is 0.492 e. The molecule has 1 radical (unpaired) electrons. The van der Waals surface area contributed by atoms with E-state index in [4.69, 9.17) is 4.74 Å². The Morgan fingerprint density at radius 3 is 2.20 bits per heavy atom. The van der Waals surface area contributed by atoms with E-state index >= 15 is 0 Å². The molecule has 0 aromatic heterocycles. The van der Waals surface area contributed by atoms with E-state index in [1.807, 2.05) is 0 Å². The zero-order chi connectivity index (χ0) is 17.6. The van der Waals surface area contributed by atoms with Crippen LogP contribution >= 0.6 is 0 Å². The van der Waals surface area contributed by atoms with Crippen molar-refractivity contribution in [2.75, 3.05) is 6.61 Å². The zero-order valence-corrected chi connectivity index (χ0v) is 15.7. The second kappa shape index (κ2) is 8.38. The van der Waals surface area contributed by atoms with Gasteiger partial charge in [0.25, 0.3) is 0 Å². The van der Waals surface area contributed by atoms with Crippen molar-refractivity contribution in [2.24, 2.45) is 11.8 Å². The molecule has 0 heterocycles. The number of hydrogen-bond acceptors (Lipinski definition) is 1. The molecule has 25 heavy (non-hydrogen) atoms. The topological polar surface area (TPSA) is 9.23 Å². The Morgan fingerprint density at radius 1 is 0.880 bits per heavy atom. The predicted molar refractivity (Wildman–Crippen MR) is 107 cm³/mol. The van der Waals surface area contributed by atoms with E-state index < -0.39 is 0 Å². The van der Waals surface area contributed by atoms with E-state index in [0.717, 1.165) is 35.5 Å². The molecule has 0 aliphatic rings. The first-order valence-electron chi connectivity index (χ1n) is 9.54. The van der Waals surface area contributed by atoms with Gasteiger partial charge in [-0.1, -0.05) is 75.4 Å². The van der Waals surface area contributed by atoms with Gasteiger partial charge in [0.1, 0.15) is 5.75 Å². The lowest BCUT2D eigenvalue weighted by molar-refractivity contribution is 0.272. The van der Waals surface area contributed by atoms with E-state index in [1.165, 1.54) is 18.4 Å². The normalized spacial score (nSPS) is 14.1. The lowest BCUT2D eigenvalue weighted by Gasteiger charge is -2.23. The molecule has 0 saturated carbocycles. The summed E-state index contributed by atoms with van der Waals surface area (Å²) in [6, 6.07) is 22.7. The second-order valence-corrected chi connectivity index (χ2v) is 7.75. The number of benzene rings is 4. The molecule has 0 aliphatic heterocycles. The Hall–Kier alpha value is -2.02. The summed E-state index contributed by atoms with van der Waals surface area (Å²) in [5.41, 5.74) is 1.48. The Kier molecular flexibility index (Phi) is 5.96. The zero-order valence-electron chi connectivity index (χ0n) is 15.7. The van der Waals surface area contributed by atoms with Gasteiger partial charge in [0, 0.05) is 11.5 Å². The Bertz CT molecular complexity index is 726. The molecule has 2 bridgehead atoms. The molecule has 0 amide bonds. The Balaban J connectivity index is 1.52. The number of hydrogen-bond donors (Lipinski definition) is 0. The van der Waals surface area contributed by atoms with Crippen molar-refractivity contribution in [3.05, 3.63) is 66.2 Å². The third-order valence-electron chi connectivity index (χ3n) is 4.98. The summed E-state index contributed by atoms with van der Waals surface area (Å²) in [6.07, 6.45) is 3.56. The average molecular weight is 333 g/mol. The molecule has 0 saturated heterocycles. The van der Waals surface area contributed by atoms with E-state index in [2.05, 4.69) is 81.4 Å². The average Bonchev–Trinajstić information content (AvgIpc) is 2.62. The summed E-state index contributed by atoms with van der Waals surface area (Å²) in [4.78, 5) is 0. The van der Waals surface area contributed by atoms with Gasteiger partial charge in [0.2, 0.25) is 0 Å². The maximum Gasteiger partial charge on any atom is 0.135 e. The number of ether oxygens (including phenoxy) is 1. The van der Waals surface area contributed by atoms with E-state index in [-0.39, 0.29) is 0 Å². The molecule has 0 N–H and O–H groups in total. The van der Waals surface area contributed by atoms with Crippen LogP contribution in [0.2, 0.25) is 0 Å². The molecule has 0 fully saturated rings. The SMILES string of the molecule is CC(C)CC(CC(C)CCOc1[c]c2ccc1cc2)c1ccccc1. The van der Waals surface area contributed by atoms with Crippen molar-refractivity contribution < 1.29 is 4.74 Å². The Morgan fingerprint density at radius 2 is 1.60 bits per heavy atom. The van der Waals surface area contributed by atoms with Crippen LogP contribution in [-0.2, 0) is 0 Å². The molecule has 4 aromatic rings. The fraction of sp³-hybridized carbons (Fsp3) is 0.417. The highest BCUT2D eigenvalue weighted by atomic mass is 16.5. The van der Waals surface area contributed by atoms with Crippen LogP contribution in [0, 0.1) is 17.9 Å². The van der Waals surface area contributed by atoms with Crippen LogP contribution < -0.4 is 4.74 Å². The molecule has 1 nitrogen and oxygen atoms in total. The molecule has 0 aliphatic carbocycles. The second-order valence-electron chi connectivity index (χ2n) is 7.75. The fourth-order valence-electron chi connectivity index (χ4n) is 3.66. The molecule has 2 atom stereocenters. The van der Waals surface area contributed by atoms with Crippen LogP contribution in [0.25, 0.3) is 10.8 Å². The molecule has 2 unspecified atom stereocenters. The van der Waals surface area contributed by atoms with Gasteiger partial charge < -0.3 is 4.74 Å². The summed E-state index contributed by atoms with van der Waals surface area (Å²) in [6.45, 7) is 7.76. The third-order valence-corrected chi connectivity index (χ3v) is 4.98. The number of rotatable bonds is 9. The summed E-state index contributed by atoms with van der Waals surface area (Å²) >= 11 is 0. The van der Waals surface area contributed by atoms with Crippen LogP contribution in [0.1, 0.15) is 51.5 Å². The maximum atomic E-state index is 6.00. The smallest absolute Gasteiger partial charge is 0.135 e. The molecule has 4 rings (SSSR count). The summed E-state index contributed by atoms with van der Waals surface area (Å²) < 4.78 is 6.00. The third kappa shape index (κ3) is 4.98. The monoisotopic (exact) mass is 333 g/mol. The van der Waals surface area contributed by atoms with Gasteiger partial charge in [-0.05, 0) is 48.0 Å².